The van der Waals surface area contributed by atoms with Gasteiger partial charge in [0, 0.05) is 6.04 Å². The van der Waals surface area contributed by atoms with Gasteiger partial charge in [0.2, 0.25) is 0 Å². The maximum atomic E-state index is 3.82. The van der Waals surface area contributed by atoms with Gasteiger partial charge in [-0.05, 0) is 51.0 Å². The molecule has 0 bridgehead atoms. The smallest absolute Gasteiger partial charge is 0.00671 e. The van der Waals surface area contributed by atoms with E-state index in [9.17, 15) is 0 Å². The Hall–Kier alpha value is -0.0400. The molecular weight excluding hydrogens is 194 g/mol. The zero-order valence-electron chi connectivity index (χ0n) is 11.0. The highest BCUT2D eigenvalue weighted by Gasteiger charge is 2.20. The molecule has 1 N–H and O–H groups in total. The highest BCUT2D eigenvalue weighted by atomic mass is 14.9. The number of rotatable bonds is 4. The van der Waals surface area contributed by atoms with Crippen molar-refractivity contribution in [3.05, 3.63) is 0 Å². The number of hydrogen-bond donors (Lipinski definition) is 1. The van der Waals surface area contributed by atoms with E-state index in [0.29, 0.717) is 0 Å². The first kappa shape index (κ1) is 12.4. The van der Waals surface area contributed by atoms with Gasteiger partial charge >= 0.3 is 0 Å². The summed E-state index contributed by atoms with van der Waals surface area (Å²) in [6.07, 6.45) is 14.7. The Bertz CT molecular complexity index is 176. The van der Waals surface area contributed by atoms with E-state index in [0.717, 1.165) is 17.9 Å². The highest BCUT2D eigenvalue weighted by molar-refractivity contribution is 4.77. The van der Waals surface area contributed by atoms with Crippen molar-refractivity contribution in [2.24, 2.45) is 11.8 Å². The Labute approximate surface area is 101 Å². The molecule has 2 rings (SSSR count). The van der Waals surface area contributed by atoms with Gasteiger partial charge in [-0.2, -0.15) is 0 Å². The lowest BCUT2D eigenvalue weighted by Gasteiger charge is -2.25. The molecule has 0 aromatic rings. The summed E-state index contributed by atoms with van der Waals surface area (Å²) < 4.78 is 0. The Kier molecular flexibility index (Phi) is 5.15. The van der Waals surface area contributed by atoms with Gasteiger partial charge in [-0.3, -0.25) is 0 Å². The van der Waals surface area contributed by atoms with Crippen molar-refractivity contribution in [2.45, 2.75) is 77.2 Å². The Morgan fingerprint density at radius 1 is 0.875 bits per heavy atom. The molecule has 2 aliphatic rings. The molecule has 1 heteroatoms. The molecule has 94 valence electrons. The molecule has 0 amide bonds. The second kappa shape index (κ2) is 6.64. The topological polar surface area (TPSA) is 12.0 Å². The van der Waals surface area contributed by atoms with E-state index < -0.39 is 0 Å². The first-order valence-corrected chi connectivity index (χ1v) is 7.59. The van der Waals surface area contributed by atoms with E-state index in [1.807, 2.05) is 0 Å². The number of hydrogen-bond acceptors (Lipinski definition) is 1. The third kappa shape index (κ3) is 3.76. The predicted molar refractivity (Wildman–Crippen MR) is 70.6 cm³/mol. The van der Waals surface area contributed by atoms with Crippen LogP contribution in [0, 0.1) is 11.8 Å². The second-order valence-corrected chi connectivity index (χ2v) is 6.10. The van der Waals surface area contributed by atoms with E-state index in [4.69, 9.17) is 0 Å². The summed E-state index contributed by atoms with van der Waals surface area (Å²) in [4.78, 5) is 0. The standard InChI is InChI=1S/C15H29N/c1-13(15-10-4-2-3-5-11-15)16-12-14-8-6-7-9-14/h13-16H,2-12H2,1H3/t13-/m1/s1. The lowest BCUT2D eigenvalue weighted by molar-refractivity contribution is 0.319. The van der Waals surface area contributed by atoms with Gasteiger partial charge in [-0.1, -0.05) is 38.5 Å². The molecule has 0 spiro atoms. The second-order valence-electron chi connectivity index (χ2n) is 6.10. The minimum Gasteiger partial charge on any atom is -0.314 e. The average molecular weight is 223 g/mol. The SMILES string of the molecule is C[C@@H](NCC1CCCC1)C1CCCCCC1. The van der Waals surface area contributed by atoms with Crippen LogP contribution in [-0.2, 0) is 0 Å². The van der Waals surface area contributed by atoms with Gasteiger partial charge < -0.3 is 5.32 Å². The molecule has 0 aromatic carbocycles. The van der Waals surface area contributed by atoms with E-state index in [2.05, 4.69) is 12.2 Å². The Morgan fingerprint density at radius 2 is 1.44 bits per heavy atom. The summed E-state index contributed by atoms with van der Waals surface area (Å²) in [6, 6.07) is 0.763. The maximum Gasteiger partial charge on any atom is 0.00671 e. The minimum absolute atomic E-state index is 0.763. The first-order chi connectivity index (χ1) is 7.86. The fourth-order valence-corrected chi connectivity index (χ4v) is 3.54. The zero-order chi connectivity index (χ0) is 11.2. The van der Waals surface area contributed by atoms with Crippen molar-refractivity contribution in [1.29, 1.82) is 0 Å². The Morgan fingerprint density at radius 3 is 2.06 bits per heavy atom. The van der Waals surface area contributed by atoms with Crippen molar-refractivity contribution >= 4 is 0 Å². The van der Waals surface area contributed by atoms with Crippen LogP contribution in [-0.4, -0.2) is 12.6 Å². The molecule has 0 aliphatic heterocycles. The maximum absolute atomic E-state index is 3.82. The van der Waals surface area contributed by atoms with Crippen LogP contribution in [0.15, 0.2) is 0 Å². The third-order valence-electron chi connectivity index (χ3n) is 4.81. The van der Waals surface area contributed by atoms with Crippen molar-refractivity contribution in [3.63, 3.8) is 0 Å². The molecule has 2 aliphatic carbocycles. The van der Waals surface area contributed by atoms with E-state index >= 15 is 0 Å². The molecule has 2 saturated carbocycles. The van der Waals surface area contributed by atoms with Gasteiger partial charge in [0.05, 0.1) is 0 Å². The van der Waals surface area contributed by atoms with Crippen LogP contribution in [0.2, 0.25) is 0 Å². The molecule has 0 radical (unpaired) electrons. The molecule has 0 aromatic heterocycles. The summed E-state index contributed by atoms with van der Waals surface area (Å²) in [6.45, 7) is 3.71. The van der Waals surface area contributed by atoms with Crippen LogP contribution < -0.4 is 5.32 Å². The molecule has 1 atom stereocenters. The average Bonchev–Trinajstić information content (AvgIpc) is 2.66. The third-order valence-corrected chi connectivity index (χ3v) is 4.81. The summed E-state index contributed by atoms with van der Waals surface area (Å²) in [5, 5.41) is 3.82. The molecule has 0 saturated heterocycles. The summed E-state index contributed by atoms with van der Waals surface area (Å²) in [7, 11) is 0. The van der Waals surface area contributed by atoms with Crippen molar-refractivity contribution in [1.82, 2.24) is 5.32 Å². The quantitative estimate of drug-likeness (QED) is 0.707. The minimum atomic E-state index is 0.763. The first-order valence-electron chi connectivity index (χ1n) is 7.59. The van der Waals surface area contributed by atoms with Crippen molar-refractivity contribution < 1.29 is 0 Å². The van der Waals surface area contributed by atoms with Gasteiger partial charge in [-0.15, -0.1) is 0 Å². The van der Waals surface area contributed by atoms with Crippen LogP contribution in [0.25, 0.3) is 0 Å². The van der Waals surface area contributed by atoms with Crippen LogP contribution in [0.3, 0.4) is 0 Å². The van der Waals surface area contributed by atoms with Gasteiger partial charge in [-0.25, -0.2) is 0 Å². The fraction of sp³-hybridized carbons (Fsp3) is 1.00. The van der Waals surface area contributed by atoms with Gasteiger partial charge in [0.25, 0.3) is 0 Å². The molecule has 0 unspecified atom stereocenters. The fourth-order valence-electron chi connectivity index (χ4n) is 3.54. The zero-order valence-corrected chi connectivity index (χ0v) is 11.0. The lowest BCUT2D eigenvalue weighted by Crippen LogP contribution is -2.36. The number of nitrogens with one attached hydrogen (secondary N) is 1. The molecule has 0 heterocycles. The normalized spacial score (nSPS) is 26.8. The largest absolute Gasteiger partial charge is 0.314 e. The molecule has 2 fully saturated rings. The summed E-state index contributed by atoms with van der Waals surface area (Å²) in [5.41, 5.74) is 0. The van der Waals surface area contributed by atoms with Crippen LogP contribution in [0.1, 0.15) is 71.1 Å². The predicted octanol–water partition coefficient (Wildman–Crippen LogP) is 4.13. The highest BCUT2D eigenvalue weighted by Crippen LogP contribution is 2.27. The molecule has 1 nitrogen and oxygen atoms in total. The van der Waals surface area contributed by atoms with Crippen molar-refractivity contribution in [2.75, 3.05) is 6.54 Å². The van der Waals surface area contributed by atoms with Crippen molar-refractivity contribution in [3.8, 4) is 0 Å². The summed E-state index contributed by atoms with van der Waals surface area (Å²) in [5.74, 6) is 1.96. The van der Waals surface area contributed by atoms with E-state index in [1.165, 1.54) is 70.8 Å². The lowest BCUT2D eigenvalue weighted by atomic mass is 9.92. The van der Waals surface area contributed by atoms with E-state index in [1.54, 1.807) is 0 Å². The van der Waals surface area contributed by atoms with E-state index in [-0.39, 0.29) is 0 Å². The molecular formula is C15H29N. The Balaban J connectivity index is 1.66. The van der Waals surface area contributed by atoms with Crippen LogP contribution >= 0.6 is 0 Å². The van der Waals surface area contributed by atoms with Crippen LogP contribution in [0.5, 0.6) is 0 Å². The molecule has 16 heavy (non-hydrogen) atoms. The van der Waals surface area contributed by atoms with Gasteiger partial charge in [0.1, 0.15) is 0 Å². The van der Waals surface area contributed by atoms with Gasteiger partial charge in [0.15, 0.2) is 0 Å². The monoisotopic (exact) mass is 223 g/mol. The summed E-state index contributed by atoms with van der Waals surface area (Å²) >= 11 is 0. The van der Waals surface area contributed by atoms with Crippen LogP contribution in [0.4, 0.5) is 0 Å².